The SMILES string of the molecule is CC(c1ccccc1O)N(C)C(=O)c1cc(Br)ccc1N. The summed E-state index contributed by atoms with van der Waals surface area (Å²) >= 11 is 3.34. The smallest absolute Gasteiger partial charge is 0.256 e. The molecule has 3 N–H and O–H groups in total. The van der Waals surface area contributed by atoms with E-state index in [2.05, 4.69) is 15.9 Å². The molecule has 0 saturated heterocycles. The minimum atomic E-state index is -0.267. The molecule has 2 aromatic rings. The first-order valence-electron chi connectivity index (χ1n) is 6.52. The van der Waals surface area contributed by atoms with Gasteiger partial charge in [0.15, 0.2) is 0 Å². The first-order chi connectivity index (χ1) is 9.91. The van der Waals surface area contributed by atoms with Crippen molar-refractivity contribution in [2.24, 2.45) is 0 Å². The third-order valence-corrected chi connectivity index (χ3v) is 4.03. The Morgan fingerprint density at radius 2 is 1.95 bits per heavy atom. The van der Waals surface area contributed by atoms with E-state index in [1.807, 2.05) is 13.0 Å². The van der Waals surface area contributed by atoms with Gasteiger partial charge in [-0.15, -0.1) is 0 Å². The highest BCUT2D eigenvalue weighted by molar-refractivity contribution is 9.10. The fourth-order valence-corrected chi connectivity index (χ4v) is 2.49. The van der Waals surface area contributed by atoms with Gasteiger partial charge in [-0.1, -0.05) is 34.1 Å². The summed E-state index contributed by atoms with van der Waals surface area (Å²) in [6.07, 6.45) is 0. The molecule has 2 rings (SSSR count). The van der Waals surface area contributed by atoms with Crippen molar-refractivity contribution in [3.05, 3.63) is 58.1 Å². The number of benzene rings is 2. The lowest BCUT2D eigenvalue weighted by Gasteiger charge is -2.26. The molecule has 21 heavy (non-hydrogen) atoms. The van der Waals surface area contributed by atoms with Gasteiger partial charge in [0, 0.05) is 22.8 Å². The molecule has 0 fully saturated rings. The molecular weight excluding hydrogens is 332 g/mol. The average molecular weight is 349 g/mol. The van der Waals surface area contributed by atoms with E-state index < -0.39 is 0 Å². The number of hydrogen-bond donors (Lipinski definition) is 2. The molecule has 0 aliphatic carbocycles. The Balaban J connectivity index is 2.31. The van der Waals surface area contributed by atoms with E-state index in [1.165, 1.54) is 0 Å². The third kappa shape index (κ3) is 3.19. The Morgan fingerprint density at radius 3 is 2.62 bits per heavy atom. The Hall–Kier alpha value is -2.01. The number of nitrogens with zero attached hydrogens (tertiary/aromatic N) is 1. The largest absolute Gasteiger partial charge is 0.508 e. The topological polar surface area (TPSA) is 66.6 Å². The van der Waals surface area contributed by atoms with Gasteiger partial charge in [0.25, 0.3) is 5.91 Å². The van der Waals surface area contributed by atoms with Crippen molar-refractivity contribution in [3.63, 3.8) is 0 Å². The van der Waals surface area contributed by atoms with E-state index in [9.17, 15) is 9.90 Å². The van der Waals surface area contributed by atoms with Crippen molar-refractivity contribution < 1.29 is 9.90 Å². The van der Waals surface area contributed by atoms with Gasteiger partial charge >= 0.3 is 0 Å². The monoisotopic (exact) mass is 348 g/mol. The summed E-state index contributed by atoms with van der Waals surface area (Å²) in [6.45, 7) is 1.86. The van der Waals surface area contributed by atoms with Crippen LogP contribution in [0.5, 0.6) is 5.75 Å². The predicted octanol–water partition coefficient (Wildman–Crippen LogP) is 3.57. The first kappa shape index (κ1) is 15.4. The number of phenolic OH excluding ortho intramolecular Hbond substituents is 1. The molecule has 0 bridgehead atoms. The van der Waals surface area contributed by atoms with Crippen LogP contribution < -0.4 is 5.73 Å². The van der Waals surface area contributed by atoms with Gasteiger partial charge in [-0.3, -0.25) is 4.79 Å². The molecule has 1 unspecified atom stereocenters. The summed E-state index contributed by atoms with van der Waals surface area (Å²) in [7, 11) is 1.69. The number of amides is 1. The maximum atomic E-state index is 12.6. The van der Waals surface area contributed by atoms with Crippen LogP contribution in [0.25, 0.3) is 0 Å². The summed E-state index contributed by atoms with van der Waals surface area (Å²) in [5, 5.41) is 9.91. The number of phenols is 1. The van der Waals surface area contributed by atoms with Crippen molar-refractivity contribution in [3.8, 4) is 5.75 Å². The van der Waals surface area contributed by atoms with Gasteiger partial charge in [0.1, 0.15) is 5.75 Å². The second-order valence-corrected chi connectivity index (χ2v) is 5.80. The highest BCUT2D eigenvalue weighted by Crippen LogP contribution is 2.29. The Bertz CT molecular complexity index is 673. The van der Waals surface area contributed by atoms with Crippen LogP contribution in [0, 0.1) is 0 Å². The summed E-state index contributed by atoms with van der Waals surface area (Å²) in [5.41, 5.74) is 7.44. The Morgan fingerprint density at radius 1 is 1.29 bits per heavy atom. The van der Waals surface area contributed by atoms with Gasteiger partial charge < -0.3 is 15.7 Å². The zero-order valence-corrected chi connectivity index (χ0v) is 13.5. The van der Waals surface area contributed by atoms with Crippen LogP contribution in [0.15, 0.2) is 46.9 Å². The quantitative estimate of drug-likeness (QED) is 0.833. The van der Waals surface area contributed by atoms with Crippen molar-refractivity contribution in [1.29, 1.82) is 0 Å². The Kier molecular flexibility index (Phi) is 4.53. The predicted molar refractivity (Wildman–Crippen MR) is 87.2 cm³/mol. The molecule has 0 radical (unpaired) electrons. The summed E-state index contributed by atoms with van der Waals surface area (Å²) in [5.74, 6) is -0.0172. The summed E-state index contributed by atoms with van der Waals surface area (Å²) in [4.78, 5) is 14.1. The Labute approximate surface area is 132 Å². The summed E-state index contributed by atoms with van der Waals surface area (Å²) < 4.78 is 0.795. The molecule has 0 aliphatic rings. The second kappa shape index (κ2) is 6.18. The number of carbonyl (C=O) groups is 1. The zero-order chi connectivity index (χ0) is 15.6. The van der Waals surface area contributed by atoms with E-state index in [-0.39, 0.29) is 17.7 Å². The minimum absolute atomic E-state index is 0.173. The lowest BCUT2D eigenvalue weighted by Crippen LogP contribution is -2.30. The normalized spacial score (nSPS) is 12.0. The number of aromatic hydroxyl groups is 1. The number of carbonyl (C=O) groups excluding carboxylic acids is 1. The molecule has 0 spiro atoms. The van der Waals surface area contributed by atoms with Crippen molar-refractivity contribution in [2.75, 3.05) is 12.8 Å². The van der Waals surface area contributed by atoms with E-state index in [1.54, 1.807) is 48.3 Å². The average Bonchev–Trinajstić information content (AvgIpc) is 2.48. The number of para-hydroxylation sites is 1. The molecule has 4 nitrogen and oxygen atoms in total. The second-order valence-electron chi connectivity index (χ2n) is 4.88. The third-order valence-electron chi connectivity index (χ3n) is 3.53. The van der Waals surface area contributed by atoms with Crippen LogP contribution in [-0.2, 0) is 0 Å². The van der Waals surface area contributed by atoms with Gasteiger partial charge in [0.2, 0.25) is 0 Å². The maximum Gasteiger partial charge on any atom is 0.256 e. The van der Waals surface area contributed by atoms with Crippen LogP contribution in [0.3, 0.4) is 0 Å². The fourth-order valence-electron chi connectivity index (χ4n) is 2.13. The number of anilines is 1. The molecule has 0 aromatic heterocycles. The number of rotatable bonds is 3. The van der Waals surface area contributed by atoms with E-state index in [4.69, 9.17) is 5.73 Å². The van der Waals surface area contributed by atoms with Gasteiger partial charge in [-0.25, -0.2) is 0 Å². The highest BCUT2D eigenvalue weighted by Gasteiger charge is 2.22. The van der Waals surface area contributed by atoms with Crippen molar-refractivity contribution in [2.45, 2.75) is 13.0 Å². The number of nitrogen functional groups attached to an aromatic ring is 1. The molecule has 0 saturated carbocycles. The molecule has 5 heteroatoms. The molecule has 0 aliphatic heterocycles. The highest BCUT2D eigenvalue weighted by atomic mass is 79.9. The number of hydrogen-bond acceptors (Lipinski definition) is 3. The molecule has 1 amide bonds. The standard InChI is InChI=1S/C16H17BrN2O2/c1-10(12-5-3-4-6-15(12)20)19(2)16(21)13-9-11(17)7-8-14(13)18/h3-10,20H,18H2,1-2H3. The van der Waals surface area contributed by atoms with Crippen LogP contribution in [0.1, 0.15) is 28.9 Å². The van der Waals surface area contributed by atoms with E-state index in [0.717, 1.165) is 4.47 Å². The zero-order valence-electron chi connectivity index (χ0n) is 11.9. The van der Waals surface area contributed by atoms with Crippen LogP contribution in [0.4, 0.5) is 5.69 Å². The van der Waals surface area contributed by atoms with Crippen LogP contribution in [0.2, 0.25) is 0 Å². The molecule has 2 aromatic carbocycles. The van der Waals surface area contributed by atoms with Gasteiger partial charge in [0.05, 0.1) is 11.6 Å². The van der Waals surface area contributed by atoms with Crippen molar-refractivity contribution >= 4 is 27.5 Å². The van der Waals surface area contributed by atoms with E-state index >= 15 is 0 Å². The lowest BCUT2D eigenvalue weighted by molar-refractivity contribution is 0.0742. The number of halogens is 1. The summed E-state index contributed by atoms with van der Waals surface area (Å²) in [6, 6.07) is 11.9. The van der Waals surface area contributed by atoms with Crippen molar-refractivity contribution in [1.82, 2.24) is 4.90 Å². The fraction of sp³-hybridized carbons (Fsp3) is 0.188. The number of nitrogens with two attached hydrogens (primary N) is 1. The van der Waals surface area contributed by atoms with Gasteiger partial charge in [-0.2, -0.15) is 0 Å². The van der Waals surface area contributed by atoms with Crippen LogP contribution >= 0.6 is 15.9 Å². The van der Waals surface area contributed by atoms with Crippen LogP contribution in [-0.4, -0.2) is 23.0 Å². The minimum Gasteiger partial charge on any atom is -0.508 e. The molecule has 0 heterocycles. The lowest BCUT2D eigenvalue weighted by atomic mass is 10.0. The van der Waals surface area contributed by atoms with Gasteiger partial charge in [-0.05, 0) is 31.2 Å². The molecule has 1 atom stereocenters. The first-order valence-corrected chi connectivity index (χ1v) is 7.31. The maximum absolute atomic E-state index is 12.6. The molecular formula is C16H17BrN2O2. The van der Waals surface area contributed by atoms with E-state index in [0.29, 0.717) is 16.8 Å². The molecule has 110 valence electrons.